The van der Waals surface area contributed by atoms with Crippen LogP contribution in [0.1, 0.15) is 23.7 Å². The number of hydrogen-bond acceptors (Lipinski definition) is 3. The van der Waals surface area contributed by atoms with E-state index in [1.165, 1.54) is 4.90 Å². The number of benzene rings is 1. The van der Waals surface area contributed by atoms with Crippen molar-refractivity contribution in [2.75, 3.05) is 25.9 Å². The molecule has 0 atom stereocenters. The van der Waals surface area contributed by atoms with E-state index in [9.17, 15) is 9.59 Å². The average molecular weight is 249 g/mol. The Kier molecular flexibility index (Phi) is 5.17. The number of para-hydroxylation sites is 1. The molecule has 0 unspecified atom stereocenters. The molecule has 18 heavy (non-hydrogen) atoms. The maximum absolute atomic E-state index is 12.0. The van der Waals surface area contributed by atoms with E-state index in [1.54, 1.807) is 31.3 Å². The van der Waals surface area contributed by atoms with Crippen LogP contribution >= 0.6 is 0 Å². The minimum atomic E-state index is -0.250. The van der Waals surface area contributed by atoms with E-state index in [1.807, 2.05) is 6.92 Å². The minimum absolute atomic E-state index is 0.0349. The van der Waals surface area contributed by atoms with Gasteiger partial charge in [0.25, 0.3) is 5.91 Å². The predicted molar refractivity (Wildman–Crippen MR) is 71.1 cm³/mol. The number of nitrogens with one attached hydrogen (secondary N) is 1. The van der Waals surface area contributed by atoms with Crippen LogP contribution in [0, 0.1) is 0 Å². The molecule has 0 aliphatic carbocycles. The number of amides is 2. The second-order valence-electron chi connectivity index (χ2n) is 4.10. The SMILES string of the molecule is CCCNC(=O)CN(C)C(=O)c1ccccc1N. The molecule has 1 aromatic carbocycles. The summed E-state index contributed by atoms with van der Waals surface area (Å²) in [6.07, 6.45) is 0.870. The van der Waals surface area contributed by atoms with E-state index in [0.717, 1.165) is 6.42 Å². The normalized spacial score (nSPS) is 9.89. The van der Waals surface area contributed by atoms with Gasteiger partial charge in [-0.15, -0.1) is 0 Å². The number of nitrogens with two attached hydrogens (primary N) is 1. The number of anilines is 1. The summed E-state index contributed by atoms with van der Waals surface area (Å²) in [6, 6.07) is 6.82. The van der Waals surface area contributed by atoms with Crippen LogP contribution in [0.15, 0.2) is 24.3 Å². The summed E-state index contributed by atoms with van der Waals surface area (Å²) >= 11 is 0. The largest absolute Gasteiger partial charge is 0.398 e. The van der Waals surface area contributed by atoms with Gasteiger partial charge in [-0.1, -0.05) is 19.1 Å². The Morgan fingerprint density at radius 1 is 1.33 bits per heavy atom. The third-order valence-corrected chi connectivity index (χ3v) is 2.49. The molecule has 0 saturated heterocycles. The number of nitrogen functional groups attached to an aromatic ring is 1. The summed E-state index contributed by atoms with van der Waals surface area (Å²) in [6.45, 7) is 2.63. The summed E-state index contributed by atoms with van der Waals surface area (Å²) in [5.41, 5.74) is 6.56. The molecule has 98 valence electrons. The maximum atomic E-state index is 12.0. The zero-order valence-electron chi connectivity index (χ0n) is 10.8. The molecular weight excluding hydrogens is 230 g/mol. The first-order valence-electron chi connectivity index (χ1n) is 5.93. The maximum Gasteiger partial charge on any atom is 0.256 e. The van der Waals surface area contributed by atoms with Crippen molar-refractivity contribution < 1.29 is 9.59 Å². The lowest BCUT2D eigenvalue weighted by Gasteiger charge is -2.17. The van der Waals surface area contributed by atoms with Crippen LogP contribution in [0.4, 0.5) is 5.69 Å². The summed E-state index contributed by atoms with van der Waals surface area (Å²) in [7, 11) is 1.58. The Morgan fingerprint density at radius 3 is 2.61 bits per heavy atom. The minimum Gasteiger partial charge on any atom is -0.398 e. The highest BCUT2D eigenvalue weighted by molar-refractivity contribution is 6.00. The Labute approximate surface area is 107 Å². The van der Waals surface area contributed by atoms with Gasteiger partial charge in [-0.3, -0.25) is 9.59 Å². The third-order valence-electron chi connectivity index (χ3n) is 2.49. The third kappa shape index (κ3) is 3.76. The van der Waals surface area contributed by atoms with Crippen molar-refractivity contribution in [3.05, 3.63) is 29.8 Å². The number of rotatable bonds is 5. The van der Waals surface area contributed by atoms with Gasteiger partial charge in [0.05, 0.1) is 12.1 Å². The first kappa shape index (κ1) is 14.0. The second kappa shape index (κ2) is 6.64. The van der Waals surface area contributed by atoms with Crippen molar-refractivity contribution in [2.24, 2.45) is 0 Å². The topological polar surface area (TPSA) is 75.4 Å². The van der Waals surface area contributed by atoms with Crippen molar-refractivity contribution in [3.63, 3.8) is 0 Å². The number of likely N-dealkylation sites (N-methyl/N-ethyl adjacent to an activating group) is 1. The van der Waals surface area contributed by atoms with Gasteiger partial charge in [-0.05, 0) is 18.6 Å². The van der Waals surface area contributed by atoms with Crippen LogP contribution in [0.5, 0.6) is 0 Å². The molecule has 0 aliphatic rings. The summed E-state index contributed by atoms with van der Waals surface area (Å²) < 4.78 is 0. The molecule has 0 aromatic heterocycles. The lowest BCUT2D eigenvalue weighted by molar-refractivity contribution is -0.121. The first-order chi connectivity index (χ1) is 8.56. The summed E-state index contributed by atoms with van der Waals surface area (Å²) in [4.78, 5) is 24.9. The monoisotopic (exact) mass is 249 g/mol. The smallest absolute Gasteiger partial charge is 0.256 e. The van der Waals surface area contributed by atoms with E-state index < -0.39 is 0 Å². The molecule has 0 fully saturated rings. The molecule has 0 spiro atoms. The van der Waals surface area contributed by atoms with Crippen LogP contribution in [0.3, 0.4) is 0 Å². The van der Waals surface area contributed by atoms with Crippen molar-refractivity contribution in [3.8, 4) is 0 Å². The van der Waals surface area contributed by atoms with Gasteiger partial charge in [0.1, 0.15) is 0 Å². The van der Waals surface area contributed by atoms with E-state index in [2.05, 4.69) is 5.32 Å². The molecule has 0 bridgehead atoms. The quantitative estimate of drug-likeness (QED) is 0.760. The summed E-state index contributed by atoms with van der Waals surface area (Å²) in [5.74, 6) is -0.415. The van der Waals surface area contributed by atoms with Gasteiger partial charge in [0.15, 0.2) is 0 Å². The van der Waals surface area contributed by atoms with E-state index in [4.69, 9.17) is 5.73 Å². The fourth-order valence-electron chi connectivity index (χ4n) is 1.50. The van der Waals surface area contributed by atoms with Crippen LogP contribution in [0.25, 0.3) is 0 Å². The Bertz CT molecular complexity index is 432. The standard InChI is InChI=1S/C13H19N3O2/c1-3-8-15-12(17)9-16(2)13(18)10-6-4-5-7-11(10)14/h4-7H,3,8-9,14H2,1-2H3,(H,15,17). The van der Waals surface area contributed by atoms with E-state index in [-0.39, 0.29) is 18.4 Å². The van der Waals surface area contributed by atoms with Crippen LogP contribution in [-0.2, 0) is 4.79 Å². The number of carbonyl (C=O) groups excluding carboxylic acids is 2. The van der Waals surface area contributed by atoms with Gasteiger partial charge in [0, 0.05) is 19.3 Å². The van der Waals surface area contributed by atoms with E-state index in [0.29, 0.717) is 17.8 Å². The molecule has 2 amide bonds. The van der Waals surface area contributed by atoms with Crippen molar-refractivity contribution in [1.29, 1.82) is 0 Å². The molecule has 5 heteroatoms. The zero-order valence-corrected chi connectivity index (χ0v) is 10.8. The number of hydrogen-bond donors (Lipinski definition) is 2. The Morgan fingerprint density at radius 2 is 2.00 bits per heavy atom. The average Bonchev–Trinajstić information content (AvgIpc) is 2.36. The predicted octanol–water partition coefficient (Wildman–Crippen LogP) is 0.867. The molecule has 0 aliphatic heterocycles. The highest BCUT2D eigenvalue weighted by atomic mass is 16.2. The van der Waals surface area contributed by atoms with Crippen LogP contribution < -0.4 is 11.1 Å². The number of nitrogens with zero attached hydrogens (tertiary/aromatic N) is 1. The lowest BCUT2D eigenvalue weighted by atomic mass is 10.1. The molecule has 0 saturated carbocycles. The van der Waals surface area contributed by atoms with Gasteiger partial charge in [-0.2, -0.15) is 0 Å². The van der Waals surface area contributed by atoms with Gasteiger partial charge in [0.2, 0.25) is 5.91 Å². The molecule has 3 N–H and O–H groups in total. The van der Waals surface area contributed by atoms with Crippen LogP contribution in [-0.4, -0.2) is 36.9 Å². The zero-order chi connectivity index (χ0) is 13.5. The van der Waals surface area contributed by atoms with Crippen molar-refractivity contribution >= 4 is 17.5 Å². The lowest BCUT2D eigenvalue weighted by Crippen LogP contribution is -2.38. The van der Waals surface area contributed by atoms with Crippen molar-refractivity contribution in [2.45, 2.75) is 13.3 Å². The van der Waals surface area contributed by atoms with Gasteiger partial charge >= 0.3 is 0 Å². The van der Waals surface area contributed by atoms with Gasteiger partial charge < -0.3 is 16.0 Å². The fourth-order valence-corrected chi connectivity index (χ4v) is 1.50. The first-order valence-corrected chi connectivity index (χ1v) is 5.93. The molecule has 0 radical (unpaired) electrons. The fraction of sp³-hybridized carbons (Fsp3) is 0.385. The van der Waals surface area contributed by atoms with Gasteiger partial charge in [-0.25, -0.2) is 0 Å². The van der Waals surface area contributed by atoms with E-state index >= 15 is 0 Å². The molecule has 0 heterocycles. The highest BCUT2D eigenvalue weighted by Crippen LogP contribution is 2.12. The molecule has 1 aromatic rings. The van der Waals surface area contributed by atoms with Crippen LogP contribution in [0.2, 0.25) is 0 Å². The number of carbonyl (C=O) groups is 2. The molecule has 5 nitrogen and oxygen atoms in total. The second-order valence-corrected chi connectivity index (χ2v) is 4.10. The Hall–Kier alpha value is -2.04. The molecular formula is C13H19N3O2. The highest BCUT2D eigenvalue weighted by Gasteiger charge is 2.16. The van der Waals surface area contributed by atoms with Crippen molar-refractivity contribution in [1.82, 2.24) is 10.2 Å². The summed E-state index contributed by atoms with van der Waals surface area (Å²) in [5, 5.41) is 2.72. The Balaban J connectivity index is 2.62. The molecule has 1 rings (SSSR count).